The number of hydrogen-bond acceptors (Lipinski definition) is 1. The van der Waals surface area contributed by atoms with Gasteiger partial charge in [0.2, 0.25) is 0 Å². The van der Waals surface area contributed by atoms with Crippen molar-refractivity contribution in [3.63, 3.8) is 0 Å². The second-order valence-corrected chi connectivity index (χ2v) is 5.39. The van der Waals surface area contributed by atoms with Crippen LogP contribution >= 0.6 is 15.9 Å². The van der Waals surface area contributed by atoms with Gasteiger partial charge in [-0.3, -0.25) is 4.79 Å². The average Bonchev–Trinajstić information content (AvgIpc) is 2.40. The lowest BCUT2D eigenvalue weighted by atomic mass is 9.92. The van der Waals surface area contributed by atoms with E-state index in [2.05, 4.69) is 15.9 Å². The summed E-state index contributed by atoms with van der Waals surface area (Å²) in [6.45, 7) is 0. The van der Waals surface area contributed by atoms with Gasteiger partial charge < -0.3 is 5.11 Å². The Balaban J connectivity index is 2.11. The number of carbonyl (C=O) groups is 1. The topological polar surface area (TPSA) is 37.3 Å². The van der Waals surface area contributed by atoms with Crippen LogP contribution < -0.4 is 0 Å². The Morgan fingerprint density at radius 2 is 1.84 bits per heavy atom. The fourth-order valence-corrected chi connectivity index (χ4v) is 2.53. The molecule has 0 saturated heterocycles. The van der Waals surface area contributed by atoms with E-state index in [-0.39, 0.29) is 0 Å². The largest absolute Gasteiger partial charge is 0.481 e. The maximum atomic E-state index is 11.4. The molecule has 0 aliphatic heterocycles. The van der Waals surface area contributed by atoms with Crippen LogP contribution in [0.4, 0.5) is 0 Å². The maximum absolute atomic E-state index is 11.4. The molecule has 2 aromatic rings. The lowest BCUT2D eigenvalue weighted by Gasteiger charge is -2.13. The van der Waals surface area contributed by atoms with Gasteiger partial charge in [0.05, 0.1) is 5.92 Å². The van der Waals surface area contributed by atoms with Crippen LogP contribution in [0.5, 0.6) is 0 Å². The fraction of sp³-hybridized carbons (Fsp3) is 0.188. The number of rotatable bonds is 5. The third-order valence-corrected chi connectivity index (χ3v) is 3.61. The molecule has 1 unspecified atom stereocenters. The first-order valence-electron chi connectivity index (χ1n) is 6.19. The summed E-state index contributed by atoms with van der Waals surface area (Å²) in [5.41, 5.74) is 2.02. The van der Waals surface area contributed by atoms with E-state index < -0.39 is 11.9 Å². The summed E-state index contributed by atoms with van der Waals surface area (Å²) in [5, 5.41) is 9.38. The Morgan fingerprint density at radius 3 is 2.47 bits per heavy atom. The molecular formula is C16H15BrO2. The lowest BCUT2D eigenvalue weighted by molar-refractivity contribution is -0.138. The Bertz CT molecular complexity index is 552. The molecule has 2 rings (SSSR count). The molecule has 2 aromatic carbocycles. The van der Waals surface area contributed by atoms with Gasteiger partial charge in [-0.2, -0.15) is 0 Å². The molecule has 0 amide bonds. The molecule has 0 aliphatic rings. The zero-order valence-electron chi connectivity index (χ0n) is 10.4. The molecule has 19 heavy (non-hydrogen) atoms. The van der Waals surface area contributed by atoms with Crippen molar-refractivity contribution in [1.29, 1.82) is 0 Å². The van der Waals surface area contributed by atoms with E-state index in [1.54, 1.807) is 0 Å². The van der Waals surface area contributed by atoms with E-state index in [1.807, 2.05) is 54.6 Å². The Hall–Kier alpha value is -1.61. The van der Waals surface area contributed by atoms with Crippen molar-refractivity contribution >= 4 is 21.9 Å². The zero-order chi connectivity index (χ0) is 13.7. The highest BCUT2D eigenvalue weighted by atomic mass is 79.9. The molecule has 0 bridgehead atoms. The highest BCUT2D eigenvalue weighted by molar-refractivity contribution is 9.10. The smallest absolute Gasteiger partial charge is 0.310 e. The minimum atomic E-state index is -0.769. The van der Waals surface area contributed by atoms with Gasteiger partial charge in [0.15, 0.2) is 0 Å². The first-order chi connectivity index (χ1) is 9.16. The summed E-state index contributed by atoms with van der Waals surface area (Å²) in [6.07, 6.45) is 1.38. The van der Waals surface area contributed by atoms with Crippen molar-refractivity contribution in [3.05, 3.63) is 70.2 Å². The van der Waals surface area contributed by atoms with Crippen LogP contribution in [0, 0.1) is 0 Å². The van der Waals surface area contributed by atoms with Crippen molar-refractivity contribution in [2.75, 3.05) is 0 Å². The maximum Gasteiger partial charge on any atom is 0.310 e. The van der Waals surface area contributed by atoms with Crippen molar-refractivity contribution in [1.82, 2.24) is 0 Å². The summed E-state index contributed by atoms with van der Waals surface area (Å²) in [5.74, 6) is -1.23. The molecule has 1 N–H and O–H groups in total. The number of hydrogen-bond donors (Lipinski definition) is 1. The molecule has 98 valence electrons. The van der Waals surface area contributed by atoms with Crippen LogP contribution in [-0.4, -0.2) is 11.1 Å². The summed E-state index contributed by atoms with van der Waals surface area (Å²) in [4.78, 5) is 11.4. The third kappa shape index (κ3) is 3.93. The molecule has 0 spiro atoms. The molecule has 0 radical (unpaired) electrons. The van der Waals surface area contributed by atoms with Crippen LogP contribution in [0.2, 0.25) is 0 Å². The standard InChI is InChI=1S/C16H15BrO2/c17-14-8-4-7-13(11-14)15(16(18)19)10-9-12-5-2-1-3-6-12/h1-8,11,15H,9-10H2,(H,18,19). The Morgan fingerprint density at radius 1 is 1.11 bits per heavy atom. The number of halogens is 1. The van der Waals surface area contributed by atoms with Gasteiger partial charge in [-0.05, 0) is 36.1 Å². The van der Waals surface area contributed by atoms with E-state index >= 15 is 0 Å². The predicted molar refractivity (Wildman–Crippen MR) is 79.3 cm³/mol. The second-order valence-electron chi connectivity index (χ2n) is 4.47. The molecule has 0 fully saturated rings. The summed E-state index contributed by atoms with van der Waals surface area (Å²) >= 11 is 3.38. The van der Waals surface area contributed by atoms with Gasteiger partial charge >= 0.3 is 5.97 Å². The number of aliphatic carboxylic acids is 1. The molecule has 2 nitrogen and oxygen atoms in total. The summed E-state index contributed by atoms with van der Waals surface area (Å²) in [7, 11) is 0. The van der Waals surface area contributed by atoms with E-state index in [0.717, 1.165) is 16.5 Å². The molecule has 1 atom stereocenters. The predicted octanol–water partition coefficient (Wildman–Crippen LogP) is 4.25. The first kappa shape index (κ1) is 13.8. The van der Waals surface area contributed by atoms with Gasteiger partial charge in [0.25, 0.3) is 0 Å². The molecule has 0 aromatic heterocycles. The minimum Gasteiger partial charge on any atom is -0.481 e. The minimum absolute atomic E-state index is 0.460. The fourth-order valence-electron chi connectivity index (χ4n) is 2.11. The zero-order valence-corrected chi connectivity index (χ0v) is 12.0. The van der Waals surface area contributed by atoms with Gasteiger partial charge in [0, 0.05) is 4.47 Å². The van der Waals surface area contributed by atoms with Crippen LogP contribution in [0.3, 0.4) is 0 Å². The van der Waals surface area contributed by atoms with Crippen LogP contribution in [0.15, 0.2) is 59.1 Å². The van der Waals surface area contributed by atoms with Gasteiger partial charge in [0.1, 0.15) is 0 Å². The second kappa shape index (κ2) is 6.53. The molecule has 3 heteroatoms. The van der Waals surface area contributed by atoms with Crippen molar-refractivity contribution in [2.45, 2.75) is 18.8 Å². The van der Waals surface area contributed by atoms with E-state index in [4.69, 9.17) is 0 Å². The first-order valence-corrected chi connectivity index (χ1v) is 6.98. The molecular weight excluding hydrogens is 304 g/mol. The third-order valence-electron chi connectivity index (χ3n) is 3.11. The number of carboxylic acid groups (broad SMARTS) is 1. The van der Waals surface area contributed by atoms with Crippen molar-refractivity contribution in [3.8, 4) is 0 Å². The van der Waals surface area contributed by atoms with Crippen LogP contribution in [-0.2, 0) is 11.2 Å². The monoisotopic (exact) mass is 318 g/mol. The van der Waals surface area contributed by atoms with E-state index in [0.29, 0.717) is 6.42 Å². The van der Waals surface area contributed by atoms with Gasteiger partial charge in [-0.15, -0.1) is 0 Å². The molecule has 0 heterocycles. The summed E-state index contributed by atoms with van der Waals surface area (Å²) in [6, 6.07) is 17.5. The Kier molecular flexibility index (Phi) is 4.74. The van der Waals surface area contributed by atoms with E-state index in [9.17, 15) is 9.90 Å². The normalized spacial score (nSPS) is 12.1. The highest BCUT2D eigenvalue weighted by Crippen LogP contribution is 2.24. The van der Waals surface area contributed by atoms with Crippen molar-refractivity contribution < 1.29 is 9.90 Å². The lowest BCUT2D eigenvalue weighted by Crippen LogP contribution is -2.12. The van der Waals surface area contributed by atoms with Crippen molar-refractivity contribution in [2.24, 2.45) is 0 Å². The van der Waals surface area contributed by atoms with Crippen LogP contribution in [0.1, 0.15) is 23.5 Å². The summed E-state index contributed by atoms with van der Waals surface area (Å²) < 4.78 is 0.913. The molecule has 0 saturated carbocycles. The molecule has 0 aliphatic carbocycles. The van der Waals surface area contributed by atoms with Gasteiger partial charge in [-0.1, -0.05) is 58.4 Å². The number of carboxylic acids is 1. The highest BCUT2D eigenvalue weighted by Gasteiger charge is 2.19. The average molecular weight is 319 g/mol. The van der Waals surface area contributed by atoms with Gasteiger partial charge in [-0.25, -0.2) is 0 Å². The quantitative estimate of drug-likeness (QED) is 0.894. The van der Waals surface area contributed by atoms with Crippen LogP contribution in [0.25, 0.3) is 0 Å². The number of benzene rings is 2. The Labute approximate surface area is 121 Å². The SMILES string of the molecule is O=C(O)C(CCc1ccccc1)c1cccc(Br)c1. The number of aryl methyl sites for hydroxylation is 1. The van der Waals surface area contributed by atoms with E-state index in [1.165, 1.54) is 5.56 Å².